The third-order valence-electron chi connectivity index (χ3n) is 5.44. The van der Waals surface area contributed by atoms with Gasteiger partial charge in [-0.3, -0.25) is 4.79 Å². The van der Waals surface area contributed by atoms with E-state index in [4.69, 9.17) is 4.74 Å². The van der Waals surface area contributed by atoms with E-state index in [1.807, 2.05) is 31.2 Å². The predicted molar refractivity (Wildman–Crippen MR) is 110 cm³/mol. The smallest absolute Gasteiger partial charge is 0.348 e. The van der Waals surface area contributed by atoms with E-state index >= 15 is 0 Å². The van der Waals surface area contributed by atoms with Crippen molar-refractivity contribution in [2.75, 3.05) is 11.9 Å². The fraction of sp³-hybridized carbons (Fsp3) is 0.409. The third kappa shape index (κ3) is 3.55. The Hall–Kier alpha value is -2.65. The second-order valence-corrected chi connectivity index (χ2v) is 8.22. The van der Waals surface area contributed by atoms with Gasteiger partial charge in [0, 0.05) is 0 Å². The molecule has 3 rings (SSSR count). The quantitative estimate of drug-likeness (QED) is 0.732. The van der Waals surface area contributed by atoms with Crippen molar-refractivity contribution in [2.24, 2.45) is 0 Å². The molecule has 2 aromatic rings. The van der Waals surface area contributed by atoms with Crippen LogP contribution in [-0.4, -0.2) is 18.5 Å². The summed E-state index contributed by atoms with van der Waals surface area (Å²) in [5, 5.41) is 13.0. The van der Waals surface area contributed by atoms with Crippen molar-refractivity contribution in [2.45, 2.75) is 51.9 Å². The highest BCUT2D eigenvalue weighted by atomic mass is 32.1. The Labute approximate surface area is 169 Å². The summed E-state index contributed by atoms with van der Waals surface area (Å²) in [5.41, 5.74) is 2.45. The Morgan fingerprint density at radius 3 is 2.43 bits per heavy atom. The summed E-state index contributed by atoms with van der Waals surface area (Å²) >= 11 is 1.11. The molecule has 6 heteroatoms. The molecule has 0 atom stereocenters. The molecule has 1 aromatic carbocycles. The number of anilines is 1. The number of esters is 1. The molecule has 0 saturated heterocycles. The number of amides is 1. The maximum atomic E-state index is 13.4. The Morgan fingerprint density at radius 2 is 1.86 bits per heavy atom. The van der Waals surface area contributed by atoms with Crippen molar-refractivity contribution in [3.8, 4) is 6.07 Å². The first-order chi connectivity index (χ1) is 13.4. The maximum absolute atomic E-state index is 13.4. The highest BCUT2D eigenvalue weighted by Gasteiger charge is 2.43. The third-order valence-corrected chi connectivity index (χ3v) is 6.63. The van der Waals surface area contributed by atoms with Crippen LogP contribution in [0.5, 0.6) is 0 Å². The van der Waals surface area contributed by atoms with Crippen LogP contribution in [0.1, 0.15) is 64.5 Å². The monoisotopic (exact) mass is 396 g/mol. The molecule has 0 spiro atoms. The lowest BCUT2D eigenvalue weighted by atomic mass is 9.77. The molecule has 1 amide bonds. The van der Waals surface area contributed by atoms with Crippen molar-refractivity contribution in [3.05, 3.63) is 51.4 Å². The van der Waals surface area contributed by atoms with Crippen LogP contribution in [0.25, 0.3) is 0 Å². The van der Waals surface area contributed by atoms with Gasteiger partial charge in [-0.05, 0) is 44.7 Å². The van der Waals surface area contributed by atoms with Crippen molar-refractivity contribution >= 4 is 28.2 Å². The number of nitrogens with one attached hydrogen (secondary N) is 1. The van der Waals surface area contributed by atoms with Gasteiger partial charge in [-0.15, -0.1) is 11.3 Å². The van der Waals surface area contributed by atoms with Gasteiger partial charge in [0.25, 0.3) is 0 Å². The van der Waals surface area contributed by atoms with E-state index < -0.39 is 11.4 Å². The molecule has 1 fully saturated rings. The number of hydrogen-bond donors (Lipinski definition) is 1. The average Bonchev–Trinajstić information content (AvgIpc) is 3.28. The van der Waals surface area contributed by atoms with Crippen LogP contribution in [0.3, 0.4) is 0 Å². The number of rotatable bonds is 5. The van der Waals surface area contributed by atoms with E-state index in [1.165, 1.54) is 0 Å². The van der Waals surface area contributed by atoms with Crippen LogP contribution in [0.4, 0.5) is 5.00 Å². The van der Waals surface area contributed by atoms with Crippen LogP contribution < -0.4 is 5.32 Å². The van der Waals surface area contributed by atoms with Crippen molar-refractivity contribution in [1.29, 1.82) is 5.26 Å². The molecule has 0 bridgehead atoms. The van der Waals surface area contributed by atoms with Crippen LogP contribution in [0.15, 0.2) is 24.3 Å². The summed E-state index contributed by atoms with van der Waals surface area (Å²) in [4.78, 5) is 25.9. The number of aryl methyl sites for hydroxylation is 1. The number of benzene rings is 1. The first kappa shape index (κ1) is 20.1. The van der Waals surface area contributed by atoms with Crippen LogP contribution >= 0.6 is 11.3 Å². The van der Waals surface area contributed by atoms with Crippen LogP contribution in [-0.2, 0) is 14.9 Å². The Kier molecular flexibility index (Phi) is 5.85. The van der Waals surface area contributed by atoms with E-state index in [2.05, 4.69) is 11.4 Å². The minimum atomic E-state index is -0.595. The molecule has 1 saturated carbocycles. The molecule has 5 nitrogen and oxygen atoms in total. The Balaban J connectivity index is 1.95. The highest BCUT2D eigenvalue weighted by molar-refractivity contribution is 7.18. The second kappa shape index (κ2) is 8.15. The zero-order valence-electron chi connectivity index (χ0n) is 16.4. The first-order valence-electron chi connectivity index (χ1n) is 9.52. The molecule has 1 heterocycles. The topological polar surface area (TPSA) is 79.2 Å². The molecule has 1 N–H and O–H groups in total. The number of thiophene rings is 1. The molecule has 28 heavy (non-hydrogen) atoms. The van der Waals surface area contributed by atoms with Gasteiger partial charge in [0.05, 0.1) is 17.6 Å². The minimum absolute atomic E-state index is 0.109. The van der Waals surface area contributed by atoms with Crippen LogP contribution in [0.2, 0.25) is 0 Å². The summed E-state index contributed by atoms with van der Waals surface area (Å²) in [6, 6.07) is 10.2. The zero-order valence-corrected chi connectivity index (χ0v) is 17.2. The molecule has 0 unspecified atom stereocenters. The summed E-state index contributed by atoms with van der Waals surface area (Å²) in [5.74, 6) is -0.571. The van der Waals surface area contributed by atoms with Gasteiger partial charge in [0.1, 0.15) is 15.9 Å². The summed E-state index contributed by atoms with van der Waals surface area (Å²) in [7, 11) is 0. The van der Waals surface area contributed by atoms with Gasteiger partial charge in [0.2, 0.25) is 5.91 Å². The molecule has 1 aliphatic rings. The number of ether oxygens (including phenoxy) is 1. The van der Waals surface area contributed by atoms with E-state index in [-0.39, 0.29) is 12.5 Å². The van der Waals surface area contributed by atoms with Gasteiger partial charge in [-0.25, -0.2) is 4.79 Å². The number of carbonyl (C=O) groups is 2. The lowest BCUT2D eigenvalue weighted by molar-refractivity contribution is -0.121. The molecule has 0 radical (unpaired) electrons. The number of carbonyl (C=O) groups excluding carboxylic acids is 2. The predicted octanol–water partition coefficient (Wildman–Crippen LogP) is 4.86. The SMILES string of the molecule is CCOC(=O)c1sc(NC(=O)C2(c3ccc(C)cc3)CCCC2)c(C#N)c1C. The second-order valence-electron chi connectivity index (χ2n) is 7.20. The maximum Gasteiger partial charge on any atom is 0.348 e. The van der Waals surface area contributed by atoms with Gasteiger partial charge in [-0.2, -0.15) is 5.26 Å². The van der Waals surface area contributed by atoms with Crippen molar-refractivity contribution in [3.63, 3.8) is 0 Å². The van der Waals surface area contributed by atoms with Crippen molar-refractivity contribution in [1.82, 2.24) is 0 Å². The number of nitrogens with zero attached hydrogens (tertiary/aromatic N) is 1. The number of nitriles is 1. The summed E-state index contributed by atoms with van der Waals surface area (Å²) in [6.45, 7) is 5.73. The summed E-state index contributed by atoms with van der Waals surface area (Å²) in [6.07, 6.45) is 3.53. The Bertz CT molecular complexity index is 932. The molecule has 1 aromatic heterocycles. The van der Waals surface area contributed by atoms with Gasteiger partial charge < -0.3 is 10.1 Å². The molecule has 1 aliphatic carbocycles. The zero-order chi connectivity index (χ0) is 20.3. The minimum Gasteiger partial charge on any atom is -0.462 e. The molecular weight excluding hydrogens is 372 g/mol. The summed E-state index contributed by atoms with van der Waals surface area (Å²) < 4.78 is 5.08. The van der Waals surface area contributed by atoms with Gasteiger partial charge in [-0.1, -0.05) is 42.7 Å². The van der Waals surface area contributed by atoms with Gasteiger partial charge in [0.15, 0.2) is 0 Å². The number of hydrogen-bond acceptors (Lipinski definition) is 5. The largest absolute Gasteiger partial charge is 0.462 e. The van der Waals surface area contributed by atoms with Crippen LogP contribution in [0, 0.1) is 25.2 Å². The lowest BCUT2D eigenvalue weighted by Gasteiger charge is -2.28. The van der Waals surface area contributed by atoms with E-state index in [1.54, 1.807) is 13.8 Å². The van der Waals surface area contributed by atoms with E-state index in [0.29, 0.717) is 21.0 Å². The molecular formula is C22H24N2O3S. The standard InChI is InChI=1S/C22H24N2O3S/c1-4-27-20(25)18-15(3)17(13-23)19(28-18)24-21(26)22(11-5-6-12-22)16-9-7-14(2)8-10-16/h7-10H,4-6,11-12H2,1-3H3,(H,24,26). The highest BCUT2D eigenvalue weighted by Crippen LogP contribution is 2.43. The molecule has 0 aliphatic heterocycles. The molecule has 146 valence electrons. The lowest BCUT2D eigenvalue weighted by Crippen LogP contribution is -2.37. The first-order valence-corrected chi connectivity index (χ1v) is 10.3. The van der Waals surface area contributed by atoms with E-state index in [9.17, 15) is 14.9 Å². The van der Waals surface area contributed by atoms with Gasteiger partial charge >= 0.3 is 5.97 Å². The average molecular weight is 397 g/mol. The van der Waals surface area contributed by atoms with Crippen molar-refractivity contribution < 1.29 is 14.3 Å². The Morgan fingerprint density at radius 1 is 1.21 bits per heavy atom. The normalized spacial score (nSPS) is 15.1. The van der Waals surface area contributed by atoms with E-state index in [0.717, 1.165) is 48.1 Å². The fourth-order valence-corrected chi connectivity index (χ4v) is 4.89. The fourth-order valence-electron chi connectivity index (χ4n) is 3.85.